The Hall–Kier alpha value is -4.53. The van der Waals surface area contributed by atoms with Crippen LogP contribution >= 0.6 is 0 Å². The van der Waals surface area contributed by atoms with Gasteiger partial charge in [0.15, 0.2) is 28.6 Å². The van der Waals surface area contributed by atoms with Crippen molar-refractivity contribution in [2.45, 2.75) is 71.6 Å². The lowest BCUT2D eigenvalue weighted by molar-refractivity contribution is 0.395. The largest absolute Gasteiger partial charge is 0.288 e. The van der Waals surface area contributed by atoms with Crippen molar-refractivity contribution in [3.8, 4) is 30.3 Å². The maximum absolute atomic E-state index is 9.68. The molecular weight excluding hydrogens is 442 g/mol. The summed E-state index contributed by atoms with van der Waals surface area (Å²) in [5.41, 5.74) is -0.0507. The Morgan fingerprint density at radius 2 is 1.60 bits per heavy atom. The average Bonchev–Trinajstić information content (AvgIpc) is 2.87. The van der Waals surface area contributed by atoms with Gasteiger partial charge in [-0.05, 0) is 39.5 Å². The Bertz CT molecular complexity index is 1180. The molecule has 0 aromatic heterocycles. The van der Waals surface area contributed by atoms with E-state index in [1.54, 1.807) is 26.0 Å². The molecule has 0 aliphatic carbocycles. The van der Waals surface area contributed by atoms with Gasteiger partial charge in [0.2, 0.25) is 0 Å². The highest BCUT2D eigenvalue weighted by molar-refractivity contribution is 6.53. The van der Waals surface area contributed by atoms with E-state index in [1.807, 2.05) is 32.9 Å². The number of rotatable bonds is 10. The second-order valence-electron chi connectivity index (χ2n) is 8.12. The quantitative estimate of drug-likeness (QED) is 0.477. The molecule has 0 aromatic carbocycles. The Balaban J connectivity index is 3.05. The van der Waals surface area contributed by atoms with Crippen LogP contribution in [0.1, 0.15) is 47.5 Å². The van der Waals surface area contributed by atoms with Crippen molar-refractivity contribution in [1.82, 2.24) is 0 Å². The predicted molar refractivity (Wildman–Crippen MR) is 134 cm³/mol. The van der Waals surface area contributed by atoms with Crippen molar-refractivity contribution in [2.24, 2.45) is 30.9 Å². The molecule has 0 amide bonds. The lowest BCUT2D eigenvalue weighted by Crippen LogP contribution is -2.32. The number of hydrogen-bond donors (Lipinski definition) is 1. The van der Waals surface area contributed by atoms with Crippen molar-refractivity contribution in [3.05, 3.63) is 0 Å². The summed E-state index contributed by atoms with van der Waals surface area (Å²) in [5.74, 6) is 0.0437. The standard InChI is InChI=1S/C24H27N11/c1-6-19(14(2)7-15(3)32-21(10-27)18(30)8-25)33-16(4)20(9-26)34-17(5)24-13-31-22(11-28)23(12-29)35-24/h14-15,17,19,24,30H,6-7,13H2,1-5H3/b30-18?,32-21-,33-16-,34-20-/t14-,15-,17-,19?,24+/m1/s1. The summed E-state index contributed by atoms with van der Waals surface area (Å²) in [4.78, 5) is 21.7. The summed E-state index contributed by atoms with van der Waals surface area (Å²) in [5, 5.41) is 53.3. The zero-order chi connectivity index (χ0) is 26.5. The fourth-order valence-electron chi connectivity index (χ4n) is 3.55. The maximum atomic E-state index is 9.68. The third-order valence-electron chi connectivity index (χ3n) is 5.46. The highest BCUT2D eigenvalue weighted by Gasteiger charge is 2.24. The second-order valence-corrected chi connectivity index (χ2v) is 8.12. The minimum absolute atomic E-state index is 0.00266. The molecule has 0 radical (unpaired) electrons. The van der Waals surface area contributed by atoms with Crippen LogP contribution in [0.5, 0.6) is 0 Å². The van der Waals surface area contributed by atoms with Crippen LogP contribution in [-0.2, 0) is 0 Å². The number of aliphatic imine (C=N–C) groups is 5. The minimum atomic E-state index is -0.462. The van der Waals surface area contributed by atoms with Gasteiger partial charge in [0.25, 0.3) is 0 Å². The lowest BCUT2D eigenvalue weighted by Gasteiger charge is -2.22. The summed E-state index contributed by atoms with van der Waals surface area (Å²) < 4.78 is 0. The van der Waals surface area contributed by atoms with Gasteiger partial charge in [0.05, 0.1) is 30.4 Å². The van der Waals surface area contributed by atoms with Gasteiger partial charge in [-0.2, -0.15) is 26.3 Å². The zero-order valence-corrected chi connectivity index (χ0v) is 20.5. The number of nitrogens with zero attached hydrogens (tertiary/aromatic N) is 10. The summed E-state index contributed by atoms with van der Waals surface area (Å²) in [6, 6.07) is 7.87. The van der Waals surface area contributed by atoms with Gasteiger partial charge >= 0.3 is 0 Å². The van der Waals surface area contributed by atoms with E-state index in [0.717, 1.165) is 0 Å². The highest BCUT2D eigenvalue weighted by atomic mass is 15.0. The molecule has 11 heteroatoms. The van der Waals surface area contributed by atoms with Crippen molar-refractivity contribution < 1.29 is 0 Å². The van der Waals surface area contributed by atoms with Gasteiger partial charge in [0.1, 0.15) is 30.3 Å². The normalized spacial score (nSPS) is 19.8. The molecule has 1 heterocycles. The molecule has 0 aromatic rings. The van der Waals surface area contributed by atoms with Crippen LogP contribution in [0, 0.1) is 68.0 Å². The average molecular weight is 470 g/mol. The second kappa shape index (κ2) is 13.9. The molecule has 0 spiro atoms. The fourth-order valence-corrected chi connectivity index (χ4v) is 3.55. The third kappa shape index (κ3) is 8.08. The Morgan fingerprint density at radius 1 is 0.971 bits per heavy atom. The van der Waals surface area contributed by atoms with Gasteiger partial charge < -0.3 is 0 Å². The number of hydrogen-bond acceptors (Lipinski definition) is 11. The van der Waals surface area contributed by atoms with Crippen LogP contribution in [0.15, 0.2) is 25.0 Å². The van der Waals surface area contributed by atoms with Crippen molar-refractivity contribution >= 4 is 34.3 Å². The summed E-state index contributed by atoms with van der Waals surface area (Å²) in [7, 11) is 0. The van der Waals surface area contributed by atoms with Gasteiger partial charge in [0, 0.05) is 6.04 Å². The fraction of sp³-hybridized carbons (Fsp3) is 0.542. The molecule has 0 bridgehead atoms. The van der Waals surface area contributed by atoms with Crippen molar-refractivity contribution in [3.63, 3.8) is 0 Å². The summed E-state index contributed by atoms with van der Waals surface area (Å²) in [6.45, 7) is 9.47. The van der Waals surface area contributed by atoms with Crippen molar-refractivity contribution in [1.29, 1.82) is 31.7 Å². The molecule has 1 aliphatic heterocycles. The molecule has 0 fully saturated rings. The van der Waals surface area contributed by atoms with E-state index in [9.17, 15) is 10.5 Å². The molecule has 178 valence electrons. The summed E-state index contributed by atoms with van der Waals surface area (Å²) in [6.07, 6.45) is 1.27. The molecule has 1 rings (SSSR count). The number of nitrogens with one attached hydrogen (secondary N) is 1. The minimum Gasteiger partial charge on any atom is -0.288 e. The molecule has 1 N–H and O–H groups in total. The molecular formula is C24H27N11. The highest BCUT2D eigenvalue weighted by Crippen LogP contribution is 2.19. The van der Waals surface area contributed by atoms with E-state index >= 15 is 0 Å². The molecule has 0 saturated heterocycles. The SMILES string of the molecule is CCC(/N=C(C)\C(C#N)=N/[C@H](C)[C@@H]1CN=C(C#N)C(C#N)=N1)[C@H](C)C[C@@H](C)/N=C(/C#N)C(=N)C#N. The zero-order valence-electron chi connectivity index (χ0n) is 20.5. The summed E-state index contributed by atoms with van der Waals surface area (Å²) >= 11 is 0. The van der Waals surface area contributed by atoms with E-state index in [0.29, 0.717) is 18.6 Å². The van der Waals surface area contributed by atoms with Gasteiger partial charge in [-0.3, -0.25) is 30.4 Å². The van der Waals surface area contributed by atoms with Crippen LogP contribution in [0.2, 0.25) is 0 Å². The smallest absolute Gasteiger partial charge is 0.172 e. The monoisotopic (exact) mass is 469 g/mol. The van der Waals surface area contributed by atoms with Gasteiger partial charge in [-0.15, -0.1) is 0 Å². The lowest BCUT2D eigenvalue weighted by atomic mass is 9.93. The molecule has 1 aliphatic rings. The number of nitriles is 5. The van der Waals surface area contributed by atoms with Crippen LogP contribution < -0.4 is 0 Å². The molecule has 0 saturated carbocycles. The molecule has 11 nitrogen and oxygen atoms in total. The first kappa shape index (κ1) is 28.5. The van der Waals surface area contributed by atoms with Crippen LogP contribution in [-0.4, -0.2) is 65.0 Å². The first-order chi connectivity index (χ1) is 16.6. The van der Waals surface area contributed by atoms with E-state index in [4.69, 9.17) is 26.2 Å². The van der Waals surface area contributed by atoms with E-state index < -0.39 is 17.8 Å². The Kier molecular flexibility index (Phi) is 11.3. The van der Waals surface area contributed by atoms with E-state index in [-0.39, 0.29) is 47.4 Å². The van der Waals surface area contributed by atoms with E-state index in [1.165, 1.54) is 0 Å². The maximum Gasteiger partial charge on any atom is 0.172 e. The van der Waals surface area contributed by atoms with Gasteiger partial charge in [-0.1, -0.05) is 13.8 Å². The first-order valence-corrected chi connectivity index (χ1v) is 11.1. The predicted octanol–water partition coefficient (Wildman–Crippen LogP) is 2.81. The topological polar surface area (TPSA) is 205 Å². The van der Waals surface area contributed by atoms with Crippen LogP contribution in [0.25, 0.3) is 0 Å². The molecule has 35 heavy (non-hydrogen) atoms. The molecule has 5 atom stereocenters. The van der Waals surface area contributed by atoms with Crippen LogP contribution in [0.4, 0.5) is 0 Å². The Labute approximate surface area is 205 Å². The van der Waals surface area contributed by atoms with Crippen molar-refractivity contribution in [2.75, 3.05) is 6.54 Å². The first-order valence-electron chi connectivity index (χ1n) is 11.1. The van der Waals surface area contributed by atoms with Gasteiger partial charge in [-0.25, -0.2) is 0 Å². The van der Waals surface area contributed by atoms with Crippen LogP contribution in [0.3, 0.4) is 0 Å². The van der Waals surface area contributed by atoms with E-state index in [2.05, 4.69) is 26.0 Å². The Morgan fingerprint density at radius 3 is 2.11 bits per heavy atom. The third-order valence-corrected chi connectivity index (χ3v) is 5.46. The molecule has 1 unspecified atom stereocenters.